The minimum Gasteiger partial charge on any atom is -0.462 e. The van der Waals surface area contributed by atoms with Gasteiger partial charge >= 0.3 is 5.97 Å². The predicted molar refractivity (Wildman–Crippen MR) is 62.8 cm³/mol. The Labute approximate surface area is 100 Å². The van der Waals surface area contributed by atoms with Crippen molar-refractivity contribution in [2.24, 2.45) is 0 Å². The average molecular weight is 232 g/mol. The van der Waals surface area contributed by atoms with E-state index in [0.717, 1.165) is 18.7 Å². The molecule has 0 saturated heterocycles. The van der Waals surface area contributed by atoms with Gasteiger partial charge in [-0.15, -0.1) is 0 Å². The smallest absolute Gasteiger partial charge is 0.339 e. The summed E-state index contributed by atoms with van der Waals surface area (Å²) < 4.78 is 4.99. The lowest BCUT2D eigenvalue weighted by molar-refractivity contribution is 0.0525. The van der Waals surface area contributed by atoms with Gasteiger partial charge in [-0.1, -0.05) is 0 Å². The molecule has 0 unspecified atom stereocenters. The Bertz CT molecular complexity index is 466. The molecule has 0 amide bonds. The van der Waals surface area contributed by atoms with Crippen LogP contribution in [0, 0.1) is 0 Å². The second kappa shape index (κ2) is 3.81. The van der Waals surface area contributed by atoms with Gasteiger partial charge in [-0.2, -0.15) is 0 Å². The first-order valence-electron chi connectivity index (χ1n) is 6.12. The highest BCUT2D eigenvalue weighted by Crippen LogP contribution is 2.49. The molecule has 1 saturated carbocycles. The lowest BCUT2D eigenvalue weighted by Gasteiger charge is -2.25. The van der Waals surface area contributed by atoms with Gasteiger partial charge in [-0.3, -0.25) is 4.98 Å². The maximum atomic E-state index is 11.6. The lowest BCUT2D eigenvalue weighted by atomic mass is 9.92. The van der Waals surface area contributed by atoms with Crippen LogP contribution in [0.5, 0.6) is 0 Å². The highest BCUT2D eigenvalue weighted by atomic mass is 16.5. The summed E-state index contributed by atoms with van der Waals surface area (Å²) in [6, 6.07) is 1.92. The fourth-order valence-corrected chi connectivity index (χ4v) is 2.53. The van der Waals surface area contributed by atoms with Gasteiger partial charge in [0.2, 0.25) is 0 Å². The van der Waals surface area contributed by atoms with Crippen LogP contribution >= 0.6 is 0 Å². The fourth-order valence-electron chi connectivity index (χ4n) is 2.53. The SMILES string of the molecule is CCOC(=O)c1cnc2c(c1)CNCC21CC1. The maximum absolute atomic E-state index is 11.6. The van der Waals surface area contributed by atoms with E-state index >= 15 is 0 Å². The van der Waals surface area contributed by atoms with E-state index < -0.39 is 0 Å². The molecule has 17 heavy (non-hydrogen) atoms. The van der Waals surface area contributed by atoms with Gasteiger partial charge < -0.3 is 10.1 Å². The number of carbonyl (C=O) groups is 1. The van der Waals surface area contributed by atoms with Crippen LogP contribution in [0.4, 0.5) is 0 Å². The van der Waals surface area contributed by atoms with Gasteiger partial charge in [0.1, 0.15) is 0 Å². The molecule has 4 heteroatoms. The minimum atomic E-state index is -0.279. The van der Waals surface area contributed by atoms with E-state index in [1.807, 2.05) is 13.0 Å². The molecule has 1 aliphatic heterocycles. The van der Waals surface area contributed by atoms with Gasteiger partial charge in [-0.05, 0) is 31.4 Å². The van der Waals surface area contributed by atoms with Crippen LogP contribution in [-0.4, -0.2) is 24.1 Å². The van der Waals surface area contributed by atoms with E-state index in [-0.39, 0.29) is 11.4 Å². The third-order valence-electron chi connectivity index (χ3n) is 3.61. The Hall–Kier alpha value is -1.42. The van der Waals surface area contributed by atoms with Crippen molar-refractivity contribution in [2.75, 3.05) is 13.2 Å². The van der Waals surface area contributed by atoms with E-state index in [0.29, 0.717) is 12.2 Å². The molecular formula is C13H16N2O2. The summed E-state index contributed by atoms with van der Waals surface area (Å²) >= 11 is 0. The number of pyridine rings is 1. The second-order valence-corrected chi connectivity index (χ2v) is 4.84. The average Bonchev–Trinajstić information content (AvgIpc) is 3.10. The molecule has 1 aromatic heterocycles. The van der Waals surface area contributed by atoms with Crippen molar-refractivity contribution < 1.29 is 9.53 Å². The van der Waals surface area contributed by atoms with Crippen LogP contribution in [0.2, 0.25) is 0 Å². The van der Waals surface area contributed by atoms with Crippen molar-refractivity contribution in [2.45, 2.75) is 31.7 Å². The zero-order chi connectivity index (χ0) is 11.9. The van der Waals surface area contributed by atoms with Crippen molar-refractivity contribution >= 4 is 5.97 Å². The van der Waals surface area contributed by atoms with Gasteiger partial charge in [0.15, 0.2) is 0 Å². The van der Waals surface area contributed by atoms with Gasteiger partial charge in [0.05, 0.1) is 17.9 Å². The summed E-state index contributed by atoms with van der Waals surface area (Å²) in [5, 5.41) is 3.40. The van der Waals surface area contributed by atoms with Crippen LogP contribution in [0.3, 0.4) is 0 Å². The predicted octanol–water partition coefficient (Wildman–Crippen LogP) is 1.39. The second-order valence-electron chi connectivity index (χ2n) is 4.84. The maximum Gasteiger partial charge on any atom is 0.339 e. The van der Waals surface area contributed by atoms with Crippen molar-refractivity contribution in [3.05, 3.63) is 29.1 Å². The molecule has 4 nitrogen and oxygen atoms in total. The number of fused-ring (bicyclic) bond motifs is 2. The normalized spacial score (nSPS) is 19.8. The number of nitrogens with one attached hydrogen (secondary N) is 1. The Balaban J connectivity index is 1.94. The number of aromatic nitrogens is 1. The van der Waals surface area contributed by atoms with E-state index in [1.165, 1.54) is 18.5 Å². The molecule has 2 aliphatic rings. The molecule has 1 N–H and O–H groups in total. The van der Waals surface area contributed by atoms with Crippen LogP contribution in [0.1, 0.15) is 41.4 Å². The van der Waals surface area contributed by atoms with Crippen LogP contribution in [0.25, 0.3) is 0 Å². The summed E-state index contributed by atoms with van der Waals surface area (Å²) in [6.45, 7) is 4.03. The molecule has 1 aliphatic carbocycles. The third-order valence-corrected chi connectivity index (χ3v) is 3.61. The van der Waals surface area contributed by atoms with E-state index in [4.69, 9.17) is 4.74 Å². The highest BCUT2D eigenvalue weighted by Gasteiger charge is 2.48. The topological polar surface area (TPSA) is 51.2 Å². The number of ether oxygens (including phenoxy) is 1. The first-order valence-corrected chi connectivity index (χ1v) is 6.12. The van der Waals surface area contributed by atoms with Gasteiger partial charge in [0, 0.05) is 24.7 Å². The Kier molecular flexibility index (Phi) is 2.40. The van der Waals surface area contributed by atoms with Crippen molar-refractivity contribution in [1.82, 2.24) is 10.3 Å². The summed E-state index contributed by atoms with van der Waals surface area (Å²) in [5.74, 6) is -0.279. The van der Waals surface area contributed by atoms with Crippen molar-refractivity contribution in [1.29, 1.82) is 0 Å². The summed E-state index contributed by atoms with van der Waals surface area (Å²) in [6.07, 6.45) is 4.07. The fraction of sp³-hybridized carbons (Fsp3) is 0.538. The van der Waals surface area contributed by atoms with Crippen LogP contribution in [0.15, 0.2) is 12.3 Å². The largest absolute Gasteiger partial charge is 0.462 e. The molecule has 2 heterocycles. The monoisotopic (exact) mass is 232 g/mol. The molecule has 90 valence electrons. The Morgan fingerprint density at radius 2 is 2.41 bits per heavy atom. The summed E-state index contributed by atoms with van der Waals surface area (Å²) in [4.78, 5) is 16.1. The molecule has 1 spiro atoms. The molecule has 0 atom stereocenters. The zero-order valence-corrected chi connectivity index (χ0v) is 9.95. The standard InChI is InChI=1S/C13H16N2O2/c1-2-17-12(16)10-5-9-6-14-8-13(3-4-13)11(9)15-7-10/h5,7,14H,2-4,6,8H2,1H3. The number of hydrogen-bond acceptors (Lipinski definition) is 4. The molecule has 0 aromatic carbocycles. The number of rotatable bonds is 2. The molecule has 3 rings (SSSR count). The zero-order valence-electron chi connectivity index (χ0n) is 9.95. The molecule has 0 bridgehead atoms. The number of esters is 1. The van der Waals surface area contributed by atoms with Crippen LogP contribution < -0.4 is 5.32 Å². The highest BCUT2D eigenvalue weighted by molar-refractivity contribution is 5.89. The first-order chi connectivity index (χ1) is 8.25. The van der Waals surface area contributed by atoms with Crippen molar-refractivity contribution in [3.8, 4) is 0 Å². The minimum absolute atomic E-state index is 0.265. The molecule has 1 fully saturated rings. The third kappa shape index (κ3) is 1.72. The van der Waals surface area contributed by atoms with E-state index in [9.17, 15) is 4.79 Å². The summed E-state index contributed by atoms with van der Waals surface area (Å²) in [7, 11) is 0. The Morgan fingerprint density at radius 1 is 1.59 bits per heavy atom. The van der Waals surface area contributed by atoms with Crippen LogP contribution in [-0.2, 0) is 16.7 Å². The number of hydrogen-bond donors (Lipinski definition) is 1. The van der Waals surface area contributed by atoms with Gasteiger partial charge in [0.25, 0.3) is 0 Å². The number of carbonyl (C=O) groups excluding carboxylic acids is 1. The lowest BCUT2D eigenvalue weighted by Crippen LogP contribution is -2.34. The molecular weight excluding hydrogens is 216 g/mol. The van der Waals surface area contributed by atoms with Crippen molar-refractivity contribution in [3.63, 3.8) is 0 Å². The summed E-state index contributed by atoms with van der Waals surface area (Å²) in [5.41, 5.74) is 3.16. The van der Waals surface area contributed by atoms with E-state index in [1.54, 1.807) is 6.20 Å². The quantitative estimate of drug-likeness (QED) is 0.783. The number of nitrogens with zero attached hydrogens (tertiary/aromatic N) is 1. The van der Waals surface area contributed by atoms with E-state index in [2.05, 4.69) is 10.3 Å². The molecule has 0 radical (unpaired) electrons. The molecule has 1 aromatic rings. The first kappa shape index (κ1) is 10.7. The Morgan fingerprint density at radius 3 is 3.12 bits per heavy atom. The van der Waals surface area contributed by atoms with Gasteiger partial charge in [-0.25, -0.2) is 4.79 Å².